The number of hydrogen-bond donors (Lipinski definition) is 0. The molecule has 0 rings (SSSR count). The lowest BCUT2D eigenvalue weighted by Crippen LogP contribution is -2.26. The van der Waals surface area contributed by atoms with E-state index < -0.39 is 30.6 Å². The Bertz CT molecular complexity index is 342. The van der Waals surface area contributed by atoms with Crippen molar-refractivity contribution in [2.24, 2.45) is 0 Å². The topological polar surface area (TPSA) is 78.9 Å². The van der Waals surface area contributed by atoms with Crippen molar-refractivity contribution < 1.29 is 31.3 Å². The van der Waals surface area contributed by atoms with Crippen LogP contribution >= 0.6 is 0 Å². The highest BCUT2D eigenvalue weighted by Gasteiger charge is 2.18. The van der Waals surface area contributed by atoms with Gasteiger partial charge in [0.15, 0.2) is 6.10 Å². The molecule has 0 saturated carbocycles. The molecule has 0 saturated heterocycles. The fourth-order valence-corrected chi connectivity index (χ4v) is 0.870. The van der Waals surface area contributed by atoms with Crippen LogP contribution in [0.4, 0.5) is 0 Å². The van der Waals surface area contributed by atoms with Crippen LogP contribution in [0.1, 0.15) is 36.4 Å². The van der Waals surface area contributed by atoms with Gasteiger partial charge in [-0.25, -0.2) is 4.79 Å². The molecule has 1 atom stereocenters. The van der Waals surface area contributed by atoms with E-state index in [1.165, 1.54) is 6.92 Å². The highest BCUT2D eigenvalue weighted by molar-refractivity contribution is 5.78. The van der Waals surface area contributed by atoms with Crippen molar-refractivity contribution in [1.29, 1.82) is 0 Å². The summed E-state index contributed by atoms with van der Waals surface area (Å²) in [4.78, 5) is 33.1. The minimum Gasteiger partial charge on any atom is -0.466 e. The summed E-state index contributed by atoms with van der Waals surface area (Å²) in [5, 5.41) is 0. The van der Waals surface area contributed by atoms with Gasteiger partial charge in [-0.1, -0.05) is 0 Å². The fourth-order valence-electron chi connectivity index (χ4n) is 0.870. The van der Waals surface area contributed by atoms with E-state index in [9.17, 15) is 14.4 Å². The molecule has 0 fully saturated rings. The summed E-state index contributed by atoms with van der Waals surface area (Å²) >= 11 is 0. The molecule has 0 N–H and O–H groups in total. The van der Waals surface area contributed by atoms with Crippen molar-refractivity contribution in [1.82, 2.24) is 0 Å². The Balaban J connectivity index is 4.11. The lowest BCUT2D eigenvalue weighted by atomic mass is 10.3. The summed E-state index contributed by atoms with van der Waals surface area (Å²) < 4.78 is 28.4. The van der Waals surface area contributed by atoms with Crippen molar-refractivity contribution in [3.63, 3.8) is 0 Å². The van der Waals surface area contributed by atoms with Gasteiger partial charge in [0.05, 0.1) is 15.9 Å². The summed E-state index contributed by atoms with van der Waals surface area (Å²) in [6.45, 7) is 1.99. The Morgan fingerprint density at radius 3 is 2.47 bits per heavy atom. The van der Waals surface area contributed by atoms with E-state index in [4.69, 9.17) is 7.48 Å². The number of ether oxygens (including phenoxy) is 3. The van der Waals surface area contributed by atoms with Crippen LogP contribution in [-0.2, 0) is 28.6 Å². The average molecular weight is 248 g/mol. The van der Waals surface area contributed by atoms with E-state index in [-0.39, 0.29) is 19.4 Å². The molecule has 0 radical (unpaired) electrons. The summed E-state index contributed by atoms with van der Waals surface area (Å²) in [5.41, 5.74) is 0. The van der Waals surface area contributed by atoms with Gasteiger partial charge < -0.3 is 14.2 Å². The minimum absolute atomic E-state index is 0.176. The van der Waals surface area contributed by atoms with E-state index in [2.05, 4.69) is 9.47 Å². The molecule has 17 heavy (non-hydrogen) atoms. The lowest BCUT2D eigenvalue weighted by molar-refractivity contribution is -0.166. The quantitative estimate of drug-likeness (QED) is 0.490. The second kappa shape index (κ2) is 8.55. The van der Waals surface area contributed by atoms with Crippen molar-refractivity contribution >= 4 is 17.9 Å². The maximum absolute atomic E-state index is 11.4. The molecule has 0 aromatic carbocycles. The molecule has 0 aliphatic carbocycles. The maximum atomic E-state index is 11.4. The molecule has 0 aromatic rings. The van der Waals surface area contributed by atoms with Crippen molar-refractivity contribution in [3.8, 4) is 0 Å². The standard InChI is InChI=1S/C11H18O6/c1-4-15-11(14)8(2)17-10(13)6-5-7-16-9(3)12/h8H,4-7H2,1-3H3/t8-/m0/s1/i7D2. The van der Waals surface area contributed by atoms with E-state index in [1.54, 1.807) is 6.92 Å². The molecule has 6 nitrogen and oxygen atoms in total. The lowest BCUT2D eigenvalue weighted by Gasteiger charge is -2.11. The summed E-state index contributed by atoms with van der Waals surface area (Å²) in [7, 11) is 0. The molecule has 0 heterocycles. The molecule has 0 amide bonds. The van der Waals surface area contributed by atoms with Crippen LogP contribution in [0.2, 0.25) is 0 Å². The predicted octanol–water partition coefficient (Wildman–Crippen LogP) is 0.824. The Labute approximate surface area is 103 Å². The fraction of sp³-hybridized carbons (Fsp3) is 0.727. The number of rotatable bonds is 7. The molecular formula is C11H18O6. The Kier molecular flexibility index (Phi) is 5.98. The van der Waals surface area contributed by atoms with E-state index in [0.717, 1.165) is 6.92 Å². The summed E-state index contributed by atoms with van der Waals surface area (Å²) in [6.07, 6.45) is -1.71. The zero-order chi connectivity index (χ0) is 15.1. The molecule has 0 aromatic heterocycles. The van der Waals surface area contributed by atoms with Crippen molar-refractivity contribution in [2.45, 2.75) is 39.7 Å². The smallest absolute Gasteiger partial charge is 0.347 e. The van der Waals surface area contributed by atoms with Crippen molar-refractivity contribution in [2.75, 3.05) is 13.2 Å². The Morgan fingerprint density at radius 2 is 1.94 bits per heavy atom. The van der Waals surface area contributed by atoms with Crippen LogP contribution in [0, 0.1) is 0 Å². The van der Waals surface area contributed by atoms with E-state index >= 15 is 0 Å². The van der Waals surface area contributed by atoms with Gasteiger partial charge >= 0.3 is 17.9 Å². The third-order valence-electron chi connectivity index (χ3n) is 1.57. The normalized spacial score (nSPS) is 14.1. The van der Waals surface area contributed by atoms with Crippen LogP contribution in [0.5, 0.6) is 0 Å². The second-order valence-corrected chi connectivity index (χ2v) is 3.12. The first-order chi connectivity index (χ1) is 8.68. The first-order valence-corrected chi connectivity index (χ1v) is 5.23. The molecule has 0 spiro atoms. The van der Waals surface area contributed by atoms with Crippen LogP contribution < -0.4 is 0 Å². The van der Waals surface area contributed by atoms with E-state index in [1.807, 2.05) is 0 Å². The highest BCUT2D eigenvalue weighted by atomic mass is 16.6. The highest BCUT2D eigenvalue weighted by Crippen LogP contribution is 2.00. The average Bonchev–Trinajstić information content (AvgIpc) is 2.25. The number of hydrogen-bond acceptors (Lipinski definition) is 6. The minimum atomic E-state index is -2.24. The number of carbonyl (C=O) groups excluding carboxylic acids is 3. The molecule has 0 aliphatic heterocycles. The van der Waals surface area contributed by atoms with Gasteiger partial charge in [-0.05, 0) is 20.3 Å². The zero-order valence-corrected chi connectivity index (χ0v) is 10.1. The molecule has 98 valence electrons. The van der Waals surface area contributed by atoms with Crippen molar-refractivity contribution in [3.05, 3.63) is 0 Å². The van der Waals surface area contributed by atoms with Crippen LogP contribution in [0.25, 0.3) is 0 Å². The zero-order valence-electron chi connectivity index (χ0n) is 12.1. The van der Waals surface area contributed by atoms with Gasteiger partial charge in [0.25, 0.3) is 0 Å². The summed E-state index contributed by atoms with van der Waals surface area (Å²) in [5.74, 6) is -2.21. The largest absolute Gasteiger partial charge is 0.466 e. The molecule has 6 heteroatoms. The summed E-state index contributed by atoms with van der Waals surface area (Å²) in [6, 6.07) is 0. The van der Waals surface area contributed by atoms with Crippen LogP contribution in [-0.4, -0.2) is 37.2 Å². The number of carbonyl (C=O) groups is 3. The van der Waals surface area contributed by atoms with Gasteiger partial charge in [-0.15, -0.1) is 0 Å². The van der Waals surface area contributed by atoms with Crippen LogP contribution in [0.15, 0.2) is 0 Å². The van der Waals surface area contributed by atoms with E-state index in [0.29, 0.717) is 0 Å². The van der Waals surface area contributed by atoms with Gasteiger partial charge in [-0.2, -0.15) is 0 Å². The molecular weight excluding hydrogens is 228 g/mol. The maximum Gasteiger partial charge on any atom is 0.347 e. The molecule has 0 aliphatic rings. The molecule has 0 unspecified atom stereocenters. The van der Waals surface area contributed by atoms with Gasteiger partial charge in [0.2, 0.25) is 0 Å². The third kappa shape index (κ3) is 8.24. The van der Waals surface area contributed by atoms with Crippen LogP contribution in [0.3, 0.4) is 0 Å². The third-order valence-corrected chi connectivity index (χ3v) is 1.57. The molecule has 0 bridgehead atoms. The van der Waals surface area contributed by atoms with Gasteiger partial charge in [0.1, 0.15) is 0 Å². The Morgan fingerprint density at radius 1 is 1.29 bits per heavy atom. The van der Waals surface area contributed by atoms with Gasteiger partial charge in [0, 0.05) is 13.3 Å². The predicted molar refractivity (Wildman–Crippen MR) is 58.1 cm³/mol. The second-order valence-electron chi connectivity index (χ2n) is 3.12. The monoisotopic (exact) mass is 248 g/mol. The SMILES string of the molecule is [2H]C([2H])(CCC(=O)O[C@@H](C)C(=O)OCC)OC(C)=O. The number of esters is 3. The van der Waals surface area contributed by atoms with Gasteiger partial charge in [-0.3, -0.25) is 9.59 Å². The first-order valence-electron chi connectivity index (χ1n) is 6.23. The first kappa shape index (κ1) is 11.9. The Hall–Kier alpha value is -1.59.